The van der Waals surface area contributed by atoms with Gasteiger partial charge in [-0.3, -0.25) is 9.69 Å². The lowest BCUT2D eigenvalue weighted by Gasteiger charge is -2.44. The highest BCUT2D eigenvalue weighted by atomic mass is 35.5. The van der Waals surface area contributed by atoms with E-state index in [-0.39, 0.29) is 11.2 Å². The summed E-state index contributed by atoms with van der Waals surface area (Å²) in [4.78, 5) is 15.8. The molecular weight excluding hydrogens is 553 g/mol. The zero-order valence-corrected chi connectivity index (χ0v) is 25.5. The molecule has 5 rings (SSSR count). The zero-order chi connectivity index (χ0) is 29.6. The van der Waals surface area contributed by atoms with Crippen LogP contribution in [0.2, 0.25) is 10.0 Å². The molecule has 0 bridgehead atoms. The number of aryl methyl sites for hydroxylation is 2. The minimum Gasteiger partial charge on any atom is -0.489 e. The third-order valence-electron chi connectivity index (χ3n) is 7.97. The van der Waals surface area contributed by atoms with E-state index in [0.717, 1.165) is 39.3 Å². The Labute approximate surface area is 251 Å². The fourth-order valence-corrected chi connectivity index (χ4v) is 6.24. The van der Waals surface area contributed by atoms with Crippen molar-refractivity contribution in [2.45, 2.75) is 60.0 Å². The first-order valence-corrected chi connectivity index (χ1v) is 14.4. The molecule has 0 radical (unpaired) electrons. The van der Waals surface area contributed by atoms with Gasteiger partial charge in [-0.1, -0.05) is 72.4 Å². The number of nitrogens with two attached hydrogens (primary N) is 1. The molecule has 0 amide bonds. The summed E-state index contributed by atoms with van der Waals surface area (Å²) in [5.74, 6) is 0.503. The van der Waals surface area contributed by atoms with Crippen LogP contribution in [0.4, 0.5) is 5.69 Å². The van der Waals surface area contributed by atoms with E-state index in [9.17, 15) is 10.1 Å². The van der Waals surface area contributed by atoms with Crippen LogP contribution in [0.3, 0.4) is 0 Å². The van der Waals surface area contributed by atoms with Gasteiger partial charge in [-0.05, 0) is 79.6 Å². The fourth-order valence-electron chi connectivity index (χ4n) is 5.95. The molecule has 0 fully saturated rings. The van der Waals surface area contributed by atoms with Crippen LogP contribution >= 0.6 is 23.2 Å². The second-order valence-corrected chi connectivity index (χ2v) is 12.6. The number of Topliss-reactive ketones (excluding diaryl/α,β-unsaturated/α-hetero) is 1. The van der Waals surface area contributed by atoms with Crippen LogP contribution in [0.5, 0.6) is 5.75 Å². The van der Waals surface area contributed by atoms with Gasteiger partial charge in [0, 0.05) is 23.4 Å². The van der Waals surface area contributed by atoms with E-state index in [1.807, 2.05) is 56.0 Å². The molecular formula is C34H33Cl2N3O2. The lowest BCUT2D eigenvalue weighted by atomic mass is 9.68. The van der Waals surface area contributed by atoms with Crippen LogP contribution in [-0.4, -0.2) is 5.78 Å². The van der Waals surface area contributed by atoms with Crippen molar-refractivity contribution >= 4 is 34.7 Å². The molecule has 1 unspecified atom stereocenters. The summed E-state index contributed by atoms with van der Waals surface area (Å²) in [5.41, 5.74) is 14.0. The Morgan fingerprint density at radius 1 is 1.00 bits per heavy atom. The van der Waals surface area contributed by atoms with Crippen molar-refractivity contribution in [3.63, 3.8) is 0 Å². The number of nitrogens with zero attached hydrogens (tertiary/aromatic N) is 2. The van der Waals surface area contributed by atoms with Gasteiger partial charge in [-0.15, -0.1) is 0 Å². The molecule has 1 atom stereocenters. The van der Waals surface area contributed by atoms with Gasteiger partial charge < -0.3 is 10.5 Å². The monoisotopic (exact) mass is 585 g/mol. The van der Waals surface area contributed by atoms with Crippen molar-refractivity contribution in [1.82, 2.24) is 0 Å². The Hall–Kier alpha value is -3.72. The van der Waals surface area contributed by atoms with Crippen LogP contribution in [0, 0.1) is 37.5 Å². The first-order chi connectivity index (χ1) is 19.4. The highest BCUT2D eigenvalue weighted by Crippen LogP contribution is 2.51. The minimum absolute atomic E-state index is 0.0184. The number of anilines is 1. The van der Waals surface area contributed by atoms with Gasteiger partial charge in [-0.25, -0.2) is 0 Å². The molecule has 3 aromatic carbocycles. The van der Waals surface area contributed by atoms with E-state index < -0.39 is 5.92 Å². The summed E-state index contributed by atoms with van der Waals surface area (Å²) >= 11 is 12.6. The molecule has 0 aromatic heterocycles. The topological polar surface area (TPSA) is 79.3 Å². The number of carbonyl (C=O) groups is 1. The first kappa shape index (κ1) is 28.8. The summed E-state index contributed by atoms with van der Waals surface area (Å²) in [7, 11) is 0. The Morgan fingerprint density at radius 3 is 2.37 bits per heavy atom. The molecule has 2 N–H and O–H groups in total. The Balaban J connectivity index is 1.67. The number of benzene rings is 3. The number of halogens is 2. The molecule has 7 heteroatoms. The number of nitriles is 1. The molecule has 1 aliphatic heterocycles. The molecule has 0 saturated heterocycles. The van der Waals surface area contributed by atoms with Crippen molar-refractivity contribution in [2.24, 2.45) is 11.1 Å². The molecule has 5 nitrogen and oxygen atoms in total. The summed E-state index contributed by atoms with van der Waals surface area (Å²) in [5, 5.41) is 11.3. The molecule has 2 aliphatic rings. The zero-order valence-electron chi connectivity index (χ0n) is 23.9. The van der Waals surface area contributed by atoms with E-state index in [2.05, 4.69) is 32.0 Å². The number of hydrogen-bond acceptors (Lipinski definition) is 5. The predicted octanol–water partition coefficient (Wildman–Crippen LogP) is 8.44. The summed E-state index contributed by atoms with van der Waals surface area (Å²) in [6.45, 7) is 10.6. The first-order valence-electron chi connectivity index (χ1n) is 13.6. The molecule has 41 heavy (non-hydrogen) atoms. The number of ketones is 1. The Kier molecular flexibility index (Phi) is 7.68. The quantitative estimate of drug-likeness (QED) is 0.325. The highest BCUT2D eigenvalue weighted by molar-refractivity contribution is 6.42. The number of ether oxygens (including phenoxy) is 1. The minimum atomic E-state index is -0.587. The third-order valence-corrected chi connectivity index (χ3v) is 8.71. The second kappa shape index (κ2) is 10.9. The maximum Gasteiger partial charge on any atom is 0.162 e. The fraction of sp³-hybridized carbons (Fsp3) is 0.294. The molecule has 1 aliphatic carbocycles. The van der Waals surface area contributed by atoms with Crippen LogP contribution < -0.4 is 15.4 Å². The lowest BCUT2D eigenvalue weighted by molar-refractivity contribution is -0.118. The average Bonchev–Trinajstić information content (AvgIpc) is 2.90. The van der Waals surface area contributed by atoms with Gasteiger partial charge in [0.05, 0.1) is 27.6 Å². The van der Waals surface area contributed by atoms with E-state index in [0.29, 0.717) is 52.1 Å². The molecule has 0 saturated carbocycles. The molecule has 3 aromatic rings. The van der Waals surface area contributed by atoms with E-state index >= 15 is 0 Å². The SMILES string of the molecule is Cc1ccc(OCc2cc(C)cc(C3C(C#N)=C(N)N(c4ccc(Cl)c(Cl)c4)C4=C3C(=O)CC(C)(C)C4)c2C)cc1. The lowest BCUT2D eigenvalue weighted by Crippen LogP contribution is -2.42. The van der Waals surface area contributed by atoms with E-state index in [4.69, 9.17) is 33.7 Å². The average molecular weight is 587 g/mol. The van der Waals surface area contributed by atoms with E-state index in [1.165, 1.54) is 0 Å². The molecule has 210 valence electrons. The van der Waals surface area contributed by atoms with E-state index in [1.54, 1.807) is 12.1 Å². The standard InChI is InChI=1S/C34H33Cl2N3O2/c1-19-6-9-24(10-7-19)41-18-22-12-20(2)13-25(21(22)3)31-26(17-37)33(38)39(23-8-11-27(35)28(36)14-23)29-15-34(4,5)16-30(40)32(29)31/h6-14,31H,15-16,18,38H2,1-5H3. The highest BCUT2D eigenvalue weighted by Gasteiger charge is 2.45. The van der Waals surface area contributed by atoms with Crippen molar-refractivity contribution in [1.29, 1.82) is 5.26 Å². The summed E-state index contributed by atoms with van der Waals surface area (Å²) in [6, 6.07) is 19.7. The Morgan fingerprint density at radius 2 is 1.71 bits per heavy atom. The van der Waals surface area contributed by atoms with Crippen molar-refractivity contribution in [2.75, 3.05) is 4.90 Å². The van der Waals surface area contributed by atoms with Crippen molar-refractivity contribution < 1.29 is 9.53 Å². The summed E-state index contributed by atoms with van der Waals surface area (Å²) < 4.78 is 6.14. The van der Waals surface area contributed by atoms with Gasteiger partial charge in [0.15, 0.2) is 5.78 Å². The van der Waals surface area contributed by atoms with Crippen LogP contribution in [-0.2, 0) is 11.4 Å². The van der Waals surface area contributed by atoms with Gasteiger partial charge in [0.25, 0.3) is 0 Å². The smallest absolute Gasteiger partial charge is 0.162 e. The van der Waals surface area contributed by atoms with Gasteiger partial charge in [0.1, 0.15) is 18.2 Å². The van der Waals surface area contributed by atoms with Gasteiger partial charge >= 0.3 is 0 Å². The van der Waals surface area contributed by atoms with Gasteiger partial charge in [-0.2, -0.15) is 5.26 Å². The third kappa shape index (κ3) is 5.47. The maximum absolute atomic E-state index is 14.0. The number of hydrogen-bond donors (Lipinski definition) is 1. The number of rotatable bonds is 5. The van der Waals surface area contributed by atoms with Crippen LogP contribution in [0.25, 0.3) is 0 Å². The van der Waals surface area contributed by atoms with Crippen LogP contribution in [0.1, 0.15) is 60.4 Å². The normalized spacial score (nSPS) is 18.3. The number of allylic oxidation sites excluding steroid dienone is 3. The molecule has 0 spiro atoms. The summed E-state index contributed by atoms with van der Waals surface area (Å²) in [6.07, 6.45) is 0.989. The second-order valence-electron chi connectivity index (χ2n) is 11.8. The largest absolute Gasteiger partial charge is 0.489 e. The maximum atomic E-state index is 14.0. The number of carbonyl (C=O) groups excluding carboxylic acids is 1. The van der Waals surface area contributed by atoms with Crippen molar-refractivity contribution in [3.8, 4) is 11.8 Å². The van der Waals surface area contributed by atoms with Crippen LogP contribution in [0.15, 0.2) is 77.3 Å². The Bertz CT molecular complexity index is 1660. The van der Waals surface area contributed by atoms with Crippen molar-refractivity contribution in [3.05, 3.63) is 115 Å². The predicted molar refractivity (Wildman–Crippen MR) is 165 cm³/mol. The molecule has 1 heterocycles. The van der Waals surface area contributed by atoms with Gasteiger partial charge in [0.2, 0.25) is 0 Å².